The number of terminal acetylenes is 2. The average Bonchev–Trinajstić information content (AvgIpc) is 3.10. The standard InChI is InChI=1S/C10H6N12/c1-3-5-13-7(11)21(19-5)9-15-17-10(18-16-9)22-8(12)14-6(4-2)20-22/h1-2H,(H2,11,13,19)(H2,12,14,20). The molecule has 0 saturated heterocycles. The van der Waals surface area contributed by atoms with Crippen LogP contribution in [0.4, 0.5) is 11.9 Å². The van der Waals surface area contributed by atoms with Gasteiger partial charge in [0.05, 0.1) is 0 Å². The van der Waals surface area contributed by atoms with E-state index in [1.165, 1.54) is 0 Å². The summed E-state index contributed by atoms with van der Waals surface area (Å²) in [5.41, 5.74) is 11.3. The zero-order valence-corrected chi connectivity index (χ0v) is 10.8. The maximum Gasteiger partial charge on any atom is 0.292 e. The molecule has 106 valence electrons. The average molecular weight is 294 g/mol. The van der Waals surface area contributed by atoms with Crippen molar-refractivity contribution in [2.75, 3.05) is 11.5 Å². The molecule has 0 aliphatic heterocycles. The van der Waals surface area contributed by atoms with Gasteiger partial charge in [-0.05, 0) is 11.8 Å². The van der Waals surface area contributed by atoms with Gasteiger partial charge in [0.1, 0.15) is 0 Å². The summed E-state index contributed by atoms with van der Waals surface area (Å²) < 4.78 is 2.19. The first kappa shape index (κ1) is 12.9. The van der Waals surface area contributed by atoms with Gasteiger partial charge in [-0.2, -0.15) is 19.3 Å². The lowest BCUT2D eigenvalue weighted by atomic mass is 10.7. The normalized spacial score (nSPS) is 10.1. The van der Waals surface area contributed by atoms with Gasteiger partial charge in [-0.25, -0.2) is 0 Å². The number of rotatable bonds is 2. The van der Waals surface area contributed by atoms with Gasteiger partial charge in [-0.3, -0.25) is 0 Å². The second-order valence-corrected chi connectivity index (χ2v) is 3.70. The predicted molar refractivity (Wildman–Crippen MR) is 72.2 cm³/mol. The molecule has 0 fully saturated rings. The smallest absolute Gasteiger partial charge is 0.292 e. The number of nitrogens with two attached hydrogens (primary N) is 2. The first-order valence-electron chi connectivity index (χ1n) is 5.59. The molecule has 3 aromatic rings. The molecule has 0 aromatic carbocycles. The Balaban J connectivity index is 1.99. The number of aromatic nitrogens is 10. The van der Waals surface area contributed by atoms with Crippen LogP contribution >= 0.6 is 0 Å². The fourth-order valence-corrected chi connectivity index (χ4v) is 1.45. The minimum absolute atomic E-state index is 0.000752. The van der Waals surface area contributed by atoms with E-state index in [9.17, 15) is 0 Å². The number of nitrogens with zero attached hydrogens (tertiary/aromatic N) is 10. The van der Waals surface area contributed by atoms with E-state index in [-0.39, 0.29) is 35.4 Å². The number of nitrogen functional groups attached to an aromatic ring is 2. The van der Waals surface area contributed by atoms with E-state index < -0.39 is 0 Å². The summed E-state index contributed by atoms with van der Waals surface area (Å²) in [5, 5.41) is 23.0. The Morgan fingerprint density at radius 1 is 0.727 bits per heavy atom. The Morgan fingerprint density at radius 3 is 1.36 bits per heavy atom. The van der Waals surface area contributed by atoms with Crippen molar-refractivity contribution in [2.45, 2.75) is 0 Å². The topological polar surface area (TPSA) is 165 Å². The Morgan fingerprint density at radius 2 is 1.09 bits per heavy atom. The molecule has 0 spiro atoms. The summed E-state index contributed by atoms with van der Waals surface area (Å²) in [6, 6.07) is 0. The molecular weight excluding hydrogens is 288 g/mol. The maximum absolute atomic E-state index is 5.63. The summed E-state index contributed by atoms with van der Waals surface area (Å²) in [4.78, 5) is 7.61. The molecule has 0 amide bonds. The monoisotopic (exact) mass is 294 g/mol. The molecule has 12 heteroatoms. The molecule has 3 rings (SSSR count). The van der Waals surface area contributed by atoms with Crippen LogP contribution in [0.15, 0.2) is 0 Å². The van der Waals surface area contributed by atoms with Crippen molar-refractivity contribution in [2.24, 2.45) is 0 Å². The summed E-state index contributed by atoms with van der Waals surface area (Å²) in [6.45, 7) is 0. The SMILES string of the molecule is C#Cc1nc(N)n(-c2nnc(-n3nc(C#C)nc3N)nn2)n1. The third-order valence-corrected chi connectivity index (χ3v) is 2.36. The lowest BCUT2D eigenvalue weighted by Crippen LogP contribution is -2.14. The molecule has 3 aromatic heterocycles. The van der Waals surface area contributed by atoms with Crippen LogP contribution in [0.1, 0.15) is 11.6 Å². The fraction of sp³-hybridized carbons (Fsp3) is 0. The van der Waals surface area contributed by atoms with Gasteiger partial charge in [-0.15, -0.1) is 43.4 Å². The van der Waals surface area contributed by atoms with E-state index in [1.807, 2.05) is 0 Å². The van der Waals surface area contributed by atoms with Crippen LogP contribution in [-0.2, 0) is 0 Å². The van der Waals surface area contributed by atoms with Crippen LogP contribution < -0.4 is 11.5 Å². The second-order valence-electron chi connectivity index (χ2n) is 3.70. The fourth-order valence-electron chi connectivity index (χ4n) is 1.45. The summed E-state index contributed by atoms with van der Waals surface area (Å²) >= 11 is 0. The van der Waals surface area contributed by atoms with Gasteiger partial charge in [-0.1, -0.05) is 0 Å². The minimum atomic E-state index is -0.0221. The van der Waals surface area contributed by atoms with E-state index in [0.717, 1.165) is 9.36 Å². The van der Waals surface area contributed by atoms with Gasteiger partial charge in [0, 0.05) is 0 Å². The second kappa shape index (κ2) is 4.80. The maximum atomic E-state index is 5.63. The summed E-state index contributed by atoms with van der Waals surface area (Å²) in [6.07, 6.45) is 10.4. The highest BCUT2D eigenvalue weighted by atomic mass is 15.5. The van der Waals surface area contributed by atoms with Crippen molar-refractivity contribution in [3.8, 4) is 36.6 Å². The molecule has 0 unspecified atom stereocenters. The molecule has 0 aliphatic carbocycles. The van der Waals surface area contributed by atoms with Gasteiger partial charge in [0.2, 0.25) is 23.5 Å². The van der Waals surface area contributed by atoms with Gasteiger partial charge < -0.3 is 11.5 Å². The predicted octanol–water partition coefficient (Wildman–Crippen LogP) is -2.45. The third kappa shape index (κ3) is 2.02. The highest BCUT2D eigenvalue weighted by molar-refractivity contribution is 5.32. The lowest BCUT2D eigenvalue weighted by molar-refractivity contribution is 0.684. The van der Waals surface area contributed by atoms with Gasteiger partial charge in [0.15, 0.2) is 0 Å². The molecule has 12 nitrogen and oxygen atoms in total. The Labute approximate surface area is 122 Å². The van der Waals surface area contributed by atoms with E-state index in [4.69, 9.17) is 24.3 Å². The van der Waals surface area contributed by atoms with Crippen molar-refractivity contribution >= 4 is 11.9 Å². The van der Waals surface area contributed by atoms with E-state index in [2.05, 4.69) is 52.4 Å². The Hall–Kier alpha value is -4.06. The zero-order valence-electron chi connectivity index (χ0n) is 10.8. The molecule has 0 saturated carbocycles. The van der Waals surface area contributed by atoms with Gasteiger partial charge in [0.25, 0.3) is 11.9 Å². The Kier molecular flexibility index (Phi) is 2.83. The summed E-state index contributed by atoms with van der Waals surface area (Å²) in [7, 11) is 0. The van der Waals surface area contributed by atoms with E-state index in [1.54, 1.807) is 0 Å². The van der Waals surface area contributed by atoms with Crippen LogP contribution in [-0.4, -0.2) is 49.9 Å². The van der Waals surface area contributed by atoms with Gasteiger partial charge >= 0.3 is 0 Å². The quantitative estimate of drug-likeness (QED) is 0.484. The largest absolute Gasteiger partial charge is 0.368 e. The molecule has 0 bridgehead atoms. The van der Waals surface area contributed by atoms with Crippen LogP contribution in [0, 0.1) is 24.7 Å². The number of hydrogen-bond acceptors (Lipinski definition) is 10. The lowest BCUT2D eigenvalue weighted by Gasteiger charge is -2.00. The Bertz CT molecular complexity index is 841. The first-order chi connectivity index (χ1) is 10.6. The molecule has 3 heterocycles. The minimum Gasteiger partial charge on any atom is -0.368 e. The zero-order chi connectivity index (χ0) is 15.7. The highest BCUT2D eigenvalue weighted by Crippen LogP contribution is 2.07. The molecule has 4 N–H and O–H groups in total. The van der Waals surface area contributed by atoms with Crippen molar-refractivity contribution in [1.29, 1.82) is 0 Å². The van der Waals surface area contributed by atoms with Crippen molar-refractivity contribution < 1.29 is 0 Å². The molecule has 0 atom stereocenters. The van der Waals surface area contributed by atoms with Crippen LogP contribution in [0.5, 0.6) is 0 Å². The van der Waals surface area contributed by atoms with Crippen LogP contribution in [0.3, 0.4) is 0 Å². The van der Waals surface area contributed by atoms with E-state index in [0.29, 0.717) is 0 Å². The third-order valence-electron chi connectivity index (χ3n) is 2.36. The van der Waals surface area contributed by atoms with E-state index >= 15 is 0 Å². The first-order valence-corrected chi connectivity index (χ1v) is 5.59. The molecule has 22 heavy (non-hydrogen) atoms. The van der Waals surface area contributed by atoms with Crippen LogP contribution in [0.25, 0.3) is 11.9 Å². The van der Waals surface area contributed by atoms with Crippen molar-refractivity contribution in [3.05, 3.63) is 11.6 Å². The summed E-state index contributed by atoms with van der Waals surface area (Å²) in [5.74, 6) is 4.60. The number of anilines is 2. The molecular formula is C10H6N12. The molecule has 0 aliphatic rings. The number of hydrogen-bond donors (Lipinski definition) is 2. The van der Waals surface area contributed by atoms with Crippen molar-refractivity contribution in [3.63, 3.8) is 0 Å². The van der Waals surface area contributed by atoms with Crippen LogP contribution in [0.2, 0.25) is 0 Å². The van der Waals surface area contributed by atoms with Crippen molar-refractivity contribution in [1.82, 2.24) is 49.9 Å². The molecule has 0 radical (unpaired) electrons. The highest BCUT2D eigenvalue weighted by Gasteiger charge is 2.14.